The van der Waals surface area contributed by atoms with E-state index in [9.17, 15) is 4.79 Å². The summed E-state index contributed by atoms with van der Waals surface area (Å²) < 4.78 is 7.58. The van der Waals surface area contributed by atoms with Crippen molar-refractivity contribution in [1.82, 2.24) is 9.78 Å². The maximum absolute atomic E-state index is 13.4. The molecule has 5 rings (SSSR count). The predicted octanol–water partition coefficient (Wildman–Crippen LogP) is 5.23. The number of para-hydroxylation sites is 1. The zero-order valence-corrected chi connectivity index (χ0v) is 16.7. The molecule has 29 heavy (non-hydrogen) atoms. The van der Waals surface area contributed by atoms with Gasteiger partial charge in [-0.25, -0.2) is 4.68 Å². The van der Waals surface area contributed by atoms with E-state index in [1.807, 2.05) is 42.5 Å². The van der Waals surface area contributed by atoms with Crippen LogP contribution in [0, 0.1) is 0 Å². The number of hydrogen-bond donors (Lipinski definition) is 0. The Morgan fingerprint density at radius 3 is 2.55 bits per heavy atom. The molecule has 5 heteroatoms. The van der Waals surface area contributed by atoms with Crippen LogP contribution >= 0.6 is 11.3 Å². The Balaban J connectivity index is 1.59. The molecule has 0 aliphatic heterocycles. The summed E-state index contributed by atoms with van der Waals surface area (Å²) in [5, 5.41) is 10.6. The molecule has 0 aliphatic rings. The van der Waals surface area contributed by atoms with Crippen molar-refractivity contribution in [3.63, 3.8) is 0 Å². The lowest BCUT2D eigenvalue weighted by Crippen LogP contribution is -2.27. The summed E-state index contributed by atoms with van der Waals surface area (Å²) in [6.45, 7) is 0.529. The van der Waals surface area contributed by atoms with Crippen molar-refractivity contribution in [2.45, 2.75) is 25.8 Å². The first kappa shape index (κ1) is 17.9. The first-order valence-corrected chi connectivity index (χ1v) is 10.7. The number of fused-ring (bicyclic) bond motifs is 3. The van der Waals surface area contributed by atoms with Crippen LogP contribution in [0.25, 0.3) is 22.1 Å². The third-order valence-electron chi connectivity index (χ3n) is 5.28. The van der Waals surface area contributed by atoms with Crippen molar-refractivity contribution in [2.24, 2.45) is 0 Å². The summed E-state index contributed by atoms with van der Waals surface area (Å²) in [6.07, 6.45) is 2.25. The number of furan rings is 1. The average Bonchev–Trinajstić information content (AvgIpc) is 3.40. The molecular weight excluding hydrogens is 380 g/mol. The van der Waals surface area contributed by atoms with Crippen molar-refractivity contribution in [3.8, 4) is 0 Å². The van der Waals surface area contributed by atoms with Crippen molar-refractivity contribution < 1.29 is 4.42 Å². The van der Waals surface area contributed by atoms with Crippen molar-refractivity contribution >= 4 is 33.4 Å². The second kappa shape index (κ2) is 7.68. The van der Waals surface area contributed by atoms with E-state index in [0.29, 0.717) is 18.7 Å². The molecule has 144 valence electrons. The number of aryl methyl sites for hydroxylation is 4. The quantitative estimate of drug-likeness (QED) is 0.392. The minimum absolute atomic E-state index is 0.0183. The molecule has 0 atom stereocenters. The van der Waals surface area contributed by atoms with Gasteiger partial charge in [-0.1, -0.05) is 48.5 Å². The minimum Gasteiger partial charge on any atom is -0.436 e. The molecule has 0 amide bonds. The Hall–Kier alpha value is -3.18. The molecule has 3 aromatic heterocycles. The van der Waals surface area contributed by atoms with E-state index in [-0.39, 0.29) is 5.56 Å². The number of nitrogens with zero attached hydrogens (tertiary/aromatic N) is 2. The van der Waals surface area contributed by atoms with E-state index >= 15 is 0 Å². The summed E-state index contributed by atoms with van der Waals surface area (Å²) in [6, 6.07) is 20.1. The van der Waals surface area contributed by atoms with Gasteiger partial charge >= 0.3 is 0 Å². The summed E-state index contributed by atoms with van der Waals surface area (Å²) in [7, 11) is 0. The molecule has 0 bridgehead atoms. The van der Waals surface area contributed by atoms with Crippen LogP contribution in [-0.4, -0.2) is 9.78 Å². The molecule has 2 aromatic carbocycles. The first-order valence-electron chi connectivity index (χ1n) is 9.76. The Morgan fingerprint density at radius 2 is 1.72 bits per heavy atom. The van der Waals surface area contributed by atoms with Gasteiger partial charge in [-0.2, -0.15) is 11.3 Å². The fourth-order valence-electron chi connectivity index (χ4n) is 3.78. The van der Waals surface area contributed by atoms with Crippen LogP contribution in [0.1, 0.15) is 16.7 Å². The third kappa shape index (κ3) is 3.49. The standard InChI is InChI=1S/C24H20N2O2S/c27-24-20(11-10-18-13-15-29-16-18)22-19-8-4-5-9-21(19)28-23(22)25-26(24)14-12-17-6-2-1-3-7-17/h1-9,13,15-16H,10-12,14H2. The third-order valence-corrected chi connectivity index (χ3v) is 6.01. The Labute approximate surface area is 172 Å². The number of thiophene rings is 1. The van der Waals surface area contributed by atoms with Gasteiger partial charge in [0.2, 0.25) is 5.71 Å². The van der Waals surface area contributed by atoms with Crippen LogP contribution in [0.3, 0.4) is 0 Å². The maximum atomic E-state index is 13.4. The van der Waals surface area contributed by atoms with E-state index in [0.717, 1.165) is 34.8 Å². The van der Waals surface area contributed by atoms with E-state index < -0.39 is 0 Å². The zero-order chi connectivity index (χ0) is 19.6. The Morgan fingerprint density at radius 1 is 0.897 bits per heavy atom. The maximum Gasteiger partial charge on any atom is 0.270 e. The second-order valence-electron chi connectivity index (χ2n) is 7.15. The largest absolute Gasteiger partial charge is 0.436 e. The van der Waals surface area contributed by atoms with Gasteiger partial charge in [-0.3, -0.25) is 4.79 Å². The highest BCUT2D eigenvalue weighted by molar-refractivity contribution is 7.07. The molecule has 0 radical (unpaired) electrons. The molecule has 0 spiro atoms. The van der Waals surface area contributed by atoms with Crippen LogP contribution in [0.5, 0.6) is 0 Å². The molecule has 3 heterocycles. The predicted molar refractivity (Wildman–Crippen MR) is 118 cm³/mol. The van der Waals surface area contributed by atoms with Gasteiger partial charge in [0.05, 0.1) is 5.39 Å². The van der Waals surface area contributed by atoms with Gasteiger partial charge in [-0.15, -0.1) is 5.10 Å². The normalized spacial score (nSPS) is 11.4. The zero-order valence-electron chi connectivity index (χ0n) is 15.9. The average molecular weight is 401 g/mol. The molecule has 0 N–H and O–H groups in total. The van der Waals surface area contributed by atoms with Crippen LogP contribution in [-0.2, 0) is 25.8 Å². The highest BCUT2D eigenvalue weighted by Crippen LogP contribution is 2.29. The summed E-state index contributed by atoms with van der Waals surface area (Å²) >= 11 is 1.68. The van der Waals surface area contributed by atoms with Crippen molar-refractivity contribution in [3.05, 3.63) is 98.5 Å². The highest BCUT2D eigenvalue weighted by atomic mass is 32.1. The SMILES string of the molecule is O=c1c(CCc2ccsc2)c2c(nn1CCc1ccccc1)oc1ccccc12. The lowest BCUT2D eigenvalue weighted by Gasteiger charge is -2.09. The lowest BCUT2D eigenvalue weighted by atomic mass is 10.0. The van der Waals surface area contributed by atoms with Crippen LogP contribution in [0.15, 0.2) is 80.6 Å². The van der Waals surface area contributed by atoms with Gasteiger partial charge in [-0.05, 0) is 53.3 Å². The van der Waals surface area contributed by atoms with Crippen molar-refractivity contribution in [1.29, 1.82) is 0 Å². The van der Waals surface area contributed by atoms with Crippen LogP contribution < -0.4 is 5.56 Å². The minimum atomic E-state index is -0.0183. The monoisotopic (exact) mass is 400 g/mol. The van der Waals surface area contributed by atoms with Crippen molar-refractivity contribution in [2.75, 3.05) is 0 Å². The molecular formula is C24H20N2O2S. The van der Waals surface area contributed by atoms with Crippen LogP contribution in [0.4, 0.5) is 0 Å². The van der Waals surface area contributed by atoms with Gasteiger partial charge < -0.3 is 4.42 Å². The highest BCUT2D eigenvalue weighted by Gasteiger charge is 2.18. The number of rotatable bonds is 6. The molecule has 0 saturated carbocycles. The molecule has 0 unspecified atom stereocenters. The number of aromatic nitrogens is 2. The molecule has 0 saturated heterocycles. The molecule has 0 aliphatic carbocycles. The fourth-order valence-corrected chi connectivity index (χ4v) is 4.48. The first-order chi connectivity index (χ1) is 14.3. The van der Waals surface area contributed by atoms with E-state index in [1.54, 1.807) is 16.0 Å². The van der Waals surface area contributed by atoms with Crippen LogP contribution in [0.2, 0.25) is 0 Å². The fraction of sp³-hybridized carbons (Fsp3) is 0.167. The van der Waals surface area contributed by atoms with E-state index in [2.05, 4.69) is 34.1 Å². The van der Waals surface area contributed by atoms with Gasteiger partial charge in [0, 0.05) is 17.5 Å². The van der Waals surface area contributed by atoms with E-state index in [4.69, 9.17) is 4.42 Å². The smallest absolute Gasteiger partial charge is 0.270 e. The lowest BCUT2D eigenvalue weighted by molar-refractivity contribution is 0.549. The molecule has 4 nitrogen and oxygen atoms in total. The number of benzene rings is 2. The van der Waals surface area contributed by atoms with E-state index in [1.165, 1.54) is 11.1 Å². The number of hydrogen-bond acceptors (Lipinski definition) is 4. The summed E-state index contributed by atoms with van der Waals surface area (Å²) in [5.41, 5.74) is 4.52. The topological polar surface area (TPSA) is 48.0 Å². The summed E-state index contributed by atoms with van der Waals surface area (Å²) in [5.74, 6) is 0. The summed E-state index contributed by atoms with van der Waals surface area (Å²) in [4.78, 5) is 13.4. The Kier molecular flexibility index (Phi) is 4.74. The van der Waals surface area contributed by atoms with Gasteiger partial charge in [0.1, 0.15) is 5.58 Å². The van der Waals surface area contributed by atoms with Gasteiger partial charge in [0.25, 0.3) is 5.56 Å². The molecule has 5 aromatic rings. The molecule has 0 fully saturated rings. The van der Waals surface area contributed by atoms with Gasteiger partial charge in [0.15, 0.2) is 0 Å². The second-order valence-corrected chi connectivity index (χ2v) is 7.93. The Bertz CT molecular complexity index is 1320.